The molecule has 2 N–H and O–H groups in total. The number of nitrogens with zero attached hydrogens (tertiary/aromatic N) is 4. The van der Waals surface area contributed by atoms with Gasteiger partial charge >= 0.3 is 0 Å². The third-order valence-corrected chi connectivity index (χ3v) is 4.41. The van der Waals surface area contributed by atoms with Crippen LogP contribution < -0.4 is 20.1 Å². The molecule has 2 aliphatic heterocycles. The van der Waals surface area contributed by atoms with Gasteiger partial charge in [-0.3, -0.25) is 9.36 Å². The van der Waals surface area contributed by atoms with Crippen LogP contribution in [0.2, 0.25) is 5.15 Å². The molecule has 9 heteroatoms. The molecule has 0 atom stereocenters. The van der Waals surface area contributed by atoms with E-state index in [4.69, 9.17) is 21.1 Å². The largest absolute Gasteiger partial charge is 0.484 e. The molecule has 8 nitrogen and oxygen atoms in total. The molecule has 0 bridgehead atoms. The normalized spacial score (nSPS) is 16.2. The van der Waals surface area contributed by atoms with Crippen LogP contribution in [0.3, 0.4) is 0 Å². The zero-order valence-corrected chi connectivity index (χ0v) is 17.4. The topological polar surface area (TPSA) is 78.2 Å². The summed E-state index contributed by atoms with van der Waals surface area (Å²) in [4.78, 5) is 0. The predicted molar refractivity (Wildman–Crippen MR) is 107 cm³/mol. The van der Waals surface area contributed by atoms with Crippen LogP contribution in [-0.4, -0.2) is 57.9 Å². The summed E-state index contributed by atoms with van der Waals surface area (Å²) < 4.78 is 14.7. The molecule has 2 aromatic heterocycles. The fourth-order valence-electron chi connectivity index (χ4n) is 2.30. The van der Waals surface area contributed by atoms with Crippen molar-refractivity contribution >= 4 is 11.6 Å². The first kappa shape index (κ1) is 21.5. The summed E-state index contributed by atoms with van der Waals surface area (Å²) in [5, 5.41) is 15.0. The summed E-state index contributed by atoms with van der Waals surface area (Å²) in [6.07, 6.45) is 7.09. The quantitative estimate of drug-likeness (QED) is 0.775. The molecule has 0 aliphatic carbocycles. The summed E-state index contributed by atoms with van der Waals surface area (Å²) in [5.74, 6) is 1.56. The molecular weight excluding hydrogens is 368 g/mol. The second-order valence-electron chi connectivity index (χ2n) is 6.16. The molecule has 2 aromatic rings. The molecule has 0 amide bonds. The number of hydrogen-bond acceptors (Lipinski definition) is 6. The lowest BCUT2D eigenvalue weighted by Crippen LogP contribution is -2.50. The predicted octanol–water partition coefficient (Wildman–Crippen LogP) is 2.09. The Morgan fingerprint density at radius 1 is 1.07 bits per heavy atom. The van der Waals surface area contributed by atoms with Gasteiger partial charge in [0.2, 0.25) is 0 Å². The lowest BCUT2D eigenvalue weighted by atomic mass is 10.2. The van der Waals surface area contributed by atoms with Crippen LogP contribution in [0.25, 0.3) is 0 Å². The van der Waals surface area contributed by atoms with Crippen LogP contribution in [0.1, 0.15) is 27.2 Å². The third-order valence-electron chi connectivity index (χ3n) is 3.98. The van der Waals surface area contributed by atoms with Gasteiger partial charge in [-0.1, -0.05) is 32.4 Å². The van der Waals surface area contributed by atoms with Gasteiger partial charge in [0.05, 0.1) is 18.6 Å². The first-order chi connectivity index (χ1) is 13.2. The fourth-order valence-corrected chi connectivity index (χ4v) is 2.44. The van der Waals surface area contributed by atoms with Crippen molar-refractivity contribution in [2.24, 2.45) is 7.05 Å². The van der Waals surface area contributed by atoms with E-state index in [0.29, 0.717) is 17.0 Å². The average molecular weight is 399 g/mol. The van der Waals surface area contributed by atoms with Crippen LogP contribution in [0.15, 0.2) is 18.6 Å². The van der Waals surface area contributed by atoms with E-state index in [1.807, 2.05) is 24.7 Å². The second kappa shape index (κ2) is 11.2. The smallest absolute Gasteiger partial charge is 0.176 e. The molecule has 152 valence electrons. The highest BCUT2D eigenvalue weighted by atomic mass is 35.5. The van der Waals surface area contributed by atoms with Crippen molar-refractivity contribution < 1.29 is 9.47 Å². The van der Waals surface area contributed by atoms with E-state index in [2.05, 4.69) is 27.8 Å². The second-order valence-corrected chi connectivity index (χ2v) is 6.52. The van der Waals surface area contributed by atoms with Crippen molar-refractivity contribution in [1.29, 1.82) is 0 Å². The Bertz CT molecular complexity index is 667. The van der Waals surface area contributed by atoms with Gasteiger partial charge in [-0.05, 0) is 6.42 Å². The number of aryl methyl sites for hydroxylation is 2. The zero-order valence-electron chi connectivity index (χ0n) is 16.6. The molecule has 2 aliphatic rings. The van der Waals surface area contributed by atoms with Crippen molar-refractivity contribution in [3.63, 3.8) is 0 Å². The molecular formula is C18H31ClN6O2. The average Bonchev–Trinajstić information content (AvgIpc) is 3.18. The maximum atomic E-state index is 5.89. The number of aromatic nitrogens is 4. The zero-order chi connectivity index (χ0) is 19.6. The van der Waals surface area contributed by atoms with E-state index in [9.17, 15) is 0 Å². The molecule has 4 rings (SSSR count). The fraction of sp³-hybridized carbons (Fsp3) is 0.667. The van der Waals surface area contributed by atoms with Gasteiger partial charge in [0.1, 0.15) is 12.2 Å². The van der Waals surface area contributed by atoms with Crippen molar-refractivity contribution in [2.75, 3.05) is 26.2 Å². The number of ether oxygens (including phenoxy) is 2. The molecule has 27 heavy (non-hydrogen) atoms. The van der Waals surface area contributed by atoms with Crippen LogP contribution in [-0.2, 0) is 13.6 Å². The molecule has 2 fully saturated rings. The lowest BCUT2D eigenvalue weighted by Gasteiger charge is -2.27. The van der Waals surface area contributed by atoms with E-state index in [1.54, 1.807) is 24.1 Å². The highest BCUT2D eigenvalue weighted by Crippen LogP contribution is 2.24. The van der Waals surface area contributed by atoms with Crippen molar-refractivity contribution in [1.82, 2.24) is 30.2 Å². The molecule has 4 heterocycles. The van der Waals surface area contributed by atoms with Gasteiger partial charge in [-0.25, -0.2) is 0 Å². The molecule has 0 aromatic carbocycles. The van der Waals surface area contributed by atoms with Gasteiger partial charge in [-0.15, -0.1) is 0 Å². The highest BCUT2D eigenvalue weighted by Gasteiger charge is 2.20. The monoisotopic (exact) mass is 398 g/mol. The Kier molecular flexibility index (Phi) is 8.90. The van der Waals surface area contributed by atoms with Crippen LogP contribution >= 0.6 is 11.6 Å². The third kappa shape index (κ3) is 6.41. The lowest BCUT2D eigenvalue weighted by molar-refractivity contribution is 0.142. The Morgan fingerprint density at radius 3 is 2.19 bits per heavy atom. The van der Waals surface area contributed by atoms with Crippen molar-refractivity contribution in [3.05, 3.63) is 23.7 Å². The standard InChI is InChI=1S/C9H15N3O.C7H10ClN3O.C2H6/c1-2-3-12-7-9(6-11-12)13-8-4-10-5-8;1-11-7(8)6(4-10-11)12-5-2-9-3-5;1-2/h6-8,10H,2-5H2,1H3;4-5,9H,2-3H2,1H3;1-2H3. The molecule has 0 spiro atoms. The number of halogens is 1. The van der Waals surface area contributed by atoms with Gasteiger partial charge in [0.25, 0.3) is 0 Å². The Balaban J connectivity index is 0.000000178. The summed E-state index contributed by atoms with van der Waals surface area (Å²) >= 11 is 5.89. The molecule has 0 radical (unpaired) electrons. The Labute approximate surface area is 166 Å². The van der Waals surface area contributed by atoms with Gasteiger partial charge in [-0.2, -0.15) is 10.2 Å². The Hall–Kier alpha value is -1.77. The molecule has 0 saturated carbocycles. The molecule has 0 unspecified atom stereocenters. The van der Waals surface area contributed by atoms with E-state index in [0.717, 1.165) is 44.9 Å². The van der Waals surface area contributed by atoms with Gasteiger partial charge < -0.3 is 20.1 Å². The summed E-state index contributed by atoms with van der Waals surface area (Å²) in [5.41, 5.74) is 0. The summed E-state index contributed by atoms with van der Waals surface area (Å²) in [7, 11) is 1.79. The van der Waals surface area contributed by atoms with E-state index in [1.165, 1.54) is 0 Å². The minimum atomic E-state index is 0.256. The van der Waals surface area contributed by atoms with E-state index >= 15 is 0 Å². The van der Waals surface area contributed by atoms with Crippen molar-refractivity contribution in [3.8, 4) is 11.5 Å². The molecule has 2 saturated heterocycles. The van der Waals surface area contributed by atoms with E-state index < -0.39 is 0 Å². The summed E-state index contributed by atoms with van der Waals surface area (Å²) in [6, 6.07) is 0. The van der Waals surface area contributed by atoms with Crippen molar-refractivity contribution in [2.45, 2.75) is 45.9 Å². The maximum Gasteiger partial charge on any atom is 0.176 e. The first-order valence-electron chi connectivity index (χ1n) is 9.60. The van der Waals surface area contributed by atoms with Crippen LogP contribution in [0.5, 0.6) is 11.5 Å². The van der Waals surface area contributed by atoms with Gasteiger partial charge in [0, 0.05) is 39.8 Å². The minimum absolute atomic E-state index is 0.256. The number of rotatable bonds is 6. The maximum absolute atomic E-state index is 5.89. The van der Waals surface area contributed by atoms with Crippen LogP contribution in [0, 0.1) is 0 Å². The number of nitrogens with one attached hydrogen (secondary N) is 2. The summed E-state index contributed by atoms with van der Waals surface area (Å²) in [6.45, 7) is 10.8. The number of hydrogen-bond donors (Lipinski definition) is 2. The van der Waals surface area contributed by atoms with Crippen LogP contribution in [0.4, 0.5) is 0 Å². The van der Waals surface area contributed by atoms with E-state index in [-0.39, 0.29) is 6.10 Å². The Morgan fingerprint density at radius 2 is 1.70 bits per heavy atom. The van der Waals surface area contributed by atoms with Gasteiger partial charge in [0.15, 0.2) is 16.7 Å². The minimum Gasteiger partial charge on any atom is -0.484 e. The highest BCUT2D eigenvalue weighted by molar-refractivity contribution is 6.31. The SMILES string of the molecule is CC.CCCn1cc(OC2CNC2)cn1.Cn1ncc(OC2CNC2)c1Cl. The first-order valence-corrected chi connectivity index (χ1v) is 9.98.